The van der Waals surface area contributed by atoms with E-state index < -0.39 is 6.10 Å². The number of pyridine rings is 1. The van der Waals surface area contributed by atoms with Gasteiger partial charge in [-0.15, -0.1) is 0 Å². The highest BCUT2D eigenvalue weighted by atomic mass is 16.5. The van der Waals surface area contributed by atoms with E-state index in [0.29, 0.717) is 17.1 Å². The summed E-state index contributed by atoms with van der Waals surface area (Å²) in [7, 11) is 1.56. The number of nitrogens with zero attached hydrogens (tertiary/aromatic N) is 3. The topological polar surface area (TPSA) is 60.2 Å². The molecule has 5 heteroatoms. The van der Waals surface area contributed by atoms with Crippen LogP contribution in [0.1, 0.15) is 30.8 Å². The summed E-state index contributed by atoms with van der Waals surface area (Å²) < 4.78 is 7.15. The average molecular weight is 247 g/mol. The molecule has 0 fully saturated rings. The fourth-order valence-electron chi connectivity index (χ4n) is 1.92. The molecule has 1 unspecified atom stereocenters. The zero-order valence-corrected chi connectivity index (χ0v) is 10.6. The Hall–Kier alpha value is -1.88. The fraction of sp³-hybridized carbons (Fsp3) is 0.385. The lowest BCUT2D eigenvalue weighted by atomic mass is 10.1. The molecular formula is C13H17N3O2. The molecule has 0 spiro atoms. The molecule has 0 amide bonds. The van der Waals surface area contributed by atoms with Crippen LogP contribution in [0.5, 0.6) is 5.75 Å². The summed E-state index contributed by atoms with van der Waals surface area (Å²) in [6.07, 6.45) is 6.98. The second kappa shape index (κ2) is 5.64. The van der Waals surface area contributed by atoms with E-state index in [1.807, 2.05) is 10.8 Å². The number of aryl methyl sites for hydroxylation is 1. The van der Waals surface area contributed by atoms with Crippen LogP contribution in [-0.4, -0.2) is 26.8 Å². The molecule has 5 nitrogen and oxygen atoms in total. The van der Waals surface area contributed by atoms with Crippen LogP contribution < -0.4 is 4.74 Å². The van der Waals surface area contributed by atoms with Gasteiger partial charge in [0.05, 0.1) is 13.3 Å². The third-order valence-electron chi connectivity index (χ3n) is 2.79. The smallest absolute Gasteiger partial charge is 0.143 e. The van der Waals surface area contributed by atoms with Crippen molar-refractivity contribution in [1.82, 2.24) is 14.5 Å². The number of hydrogen-bond acceptors (Lipinski definition) is 4. The molecule has 0 aromatic carbocycles. The molecule has 18 heavy (non-hydrogen) atoms. The Morgan fingerprint density at radius 3 is 3.00 bits per heavy atom. The molecule has 0 aliphatic rings. The Kier molecular flexibility index (Phi) is 3.94. The van der Waals surface area contributed by atoms with Crippen LogP contribution in [0.3, 0.4) is 0 Å². The Balaban J connectivity index is 2.35. The standard InChI is InChI=1S/C13H17N3O2/c1-3-7-16-8-6-15-13(16)12(17)10-4-5-14-9-11(10)18-2/h4-6,8-9,12,17H,3,7H2,1-2H3. The van der Waals surface area contributed by atoms with E-state index in [1.165, 1.54) is 0 Å². The molecule has 2 aromatic rings. The number of hydrogen-bond donors (Lipinski definition) is 1. The number of aliphatic hydroxyl groups excluding tert-OH is 1. The molecule has 2 heterocycles. The molecule has 0 aliphatic heterocycles. The van der Waals surface area contributed by atoms with Gasteiger partial charge in [-0.1, -0.05) is 6.92 Å². The maximum absolute atomic E-state index is 10.4. The minimum atomic E-state index is -0.801. The van der Waals surface area contributed by atoms with Crippen molar-refractivity contribution in [2.24, 2.45) is 0 Å². The van der Waals surface area contributed by atoms with E-state index in [-0.39, 0.29) is 0 Å². The number of rotatable bonds is 5. The number of ether oxygens (including phenoxy) is 1. The number of imidazole rings is 1. The molecule has 2 rings (SSSR count). The Bertz CT molecular complexity index is 510. The first-order chi connectivity index (χ1) is 8.77. The largest absolute Gasteiger partial charge is 0.495 e. The fourth-order valence-corrected chi connectivity index (χ4v) is 1.92. The molecule has 0 radical (unpaired) electrons. The summed E-state index contributed by atoms with van der Waals surface area (Å²) in [4.78, 5) is 8.20. The van der Waals surface area contributed by atoms with Gasteiger partial charge in [-0.2, -0.15) is 0 Å². The van der Waals surface area contributed by atoms with Crippen LogP contribution in [0.4, 0.5) is 0 Å². The highest BCUT2D eigenvalue weighted by molar-refractivity contribution is 5.35. The van der Waals surface area contributed by atoms with E-state index in [9.17, 15) is 5.11 Å². The second-order valence-electron chi connectivity index (χ2n) is 4.00. The van der Waals surface area contributed by atoms with Crippen LogP contribution in [0.15, 0.2) is 30.9 Å². The van der Waals surface area contributed by atoms with Gasteiger partial charge in [-0.25, -0.2) is 4.98 Å². The highest BCUT2D eigenvalue weighted by Gasteiger charge is 2.19. The van der Waals surface area contributed by atoms with Crippen molar-refractivity contribution in [1.29, 1.82) is 0 Å². The molecule has 0 saturated carbocycles. The minimum Gasteiger partial charge on any atom is -0.495 e. The molecular weight excluding hydrogens is 230 g/mol. The van der Waals surface area contributed by atoms with Gasteiger partial charge in [0, 0.05) is 30.7 Å². The van der Waals surface area contributed by atoms with Gasteiger partial charge < -0.3 is 14.4 Å². The maximum Gasteiger partial charge on any atom is 0.143 e. The van der Waals surface area contributed by atoms with E-state index in [1.54, 1.807) is 31.8 Å². The first-order valence-electron chi connectivity index (χ1n) is 5.95. The Morgan fingerprint density at radius 2 is 2.28 bits per heavy atom. The highest BCUT2D eigenvalue weighted by Crippen LogP contribution is 2.28. The lowest BCUT2D eigenvalue weighted by Gasteiger charge is -2.15. The molecule has 2 aromatic heterocycles. The van der Waals surface area contributed by atoms with Gasteiger partial charge in [-0.3, -0.25) is 4.98 Å². The summed E-state index contributed by atoms with van der Waals surface area (Å²) >= 11 is 0. The third-order valence-corrected chi connectivity index (χ3v) is 2.79. The summed E-state index contributed by atoms with van der Waals surface area (Å²) in [5.74, 6) is 1.19. The van der Waals surface area contributed by atoms with E-state index in [4.69, 9.17) is 4.74 Å². The van der Waals surface area contributed by atoms with Crippen molar-refractivity contribution >= 4 is 0 Å². The van der Waals surface area contributed by atoms with Crippen molar-refractivity contribution < 1.29 is 9.84 Å². The summed E-state index contributed by atoms with van der Waals surface area (Å²) in [6.45, 7) is 2.92. The minimum absolute atomic E-state index is 0.566. The lowest BCUT2D eigenvalue weighted by molar-refractivity contribution is 0.199. The predicted molar refractivity (Wildman–Crippen MR) is 67.4 cm³/mol. The van der Waals surface area contributed by atoms with E-state index in [2.05, 4.69) is 16.9 Å². The van der Waals surface area contributed by atoms with Crippen LogP contribution in [0.2, 0.25) is 0 Å². The lowest BCUT2D eigenvalue weighted by Crippen LogP contribution is -2.10. The SMILES string of the molecule is CCCn1ccnc1C(O)c1ccncc1OC. The first-order valence-corrected chi connectivity index (χ1v) is 5.95. The first kappa shape index (κ1) is 12.6. The Morgan fingerprint density at radius 1 is 1.44 bits per heavy atom. The molecule has 0 bridgehead atoms. The van der Waals surface area contributed by atoms with Gasteiger partial charge in [0.15, 0.2) is 0 Å². The van der Waals surface area contributed by atoms with Crippen molar-refractivity contribution in [3.63, 3.8) is 0 Å². The van der Waals surface area contributed by atoms with Gasteiger partial charge in [-0.05, 0) is 12.5 Å². The monoisotopic (exact) mass is 247 g/mol. The second-order valence-corrected chi connectivity index (χ2v) is 4.00. The van der Waals surface area contributed by atoms with Crippen LogP contribution in [0.25, 0.3) is 0 Å². The number of methoxy groups -OCH3 is 1. The quantitative estimate of drug-likeness (QED) is 0.875. The van der Waals surface area contributed by atoms with Gasteiger partial charge in [0.25, 0.3) is 0 Å². The maximum atomic E-state index is 10.4. The van der Waals surface area contributed by atoms with Crippen molar-refractivity contribution in [2.75, 3.05) is 7.11 Å². The number of aliphatic hydroxyl groups is 1. The molecule has 0 saturated heterocycles. The summed E-state index contributed by atoms with van der Waals surface area (Å²) in [5, 5.41) is 10.4. The Labute approximate surface area is 106 Å². The van der Waals surface area contributed by atoms with Crippen molar-refractivity contribution in [3.05, 3.63) is 42.2 Å². The number of aromatic nitrogens is 3. The van der Waals surface area contributed by atoms with Crippen molar-refractivity contribution in [2.45, 2.75) is 26.0 Å². The summed E-state index contributed by atoms with van der Waals surface area (Å²) in [6, 6.07) is 1.74. The third kappa shape index (κ3) is 2.36. The van der Waals surface area contributed by atoms with Crippen molar-refractivity contribution in [3.8, 4) is 5.75 Å². The summed E-state index contributed by atoms with van der Waals surface area (Å²) in [5.41, 5.74) is 0.677. The van der Waals surface area contributed by atoms with Gasteiger partial charge in [0.1, 0.15) is 17.7 Å². The molecule has 1 N–H and O–H groups in total. The zero-order valence-electron chi connectivity index (χ0n) is 10.6. The molecule has 1 atom stereocenters. The van der Waals surface area contributed by atoms with Gasteiger partial charge >= 0.3 is 0 Å². The average Bonchev–Trinajstić information content (AvgIpc) is 2.86. The molecule has 96 valence electrons. The van der Waals surface area contributed by atoms with Gasteiger partial charge in [0.2, 0.25) is 0 Å². The van der Waals surface area contributed by atoms with E-state index >= 15 is 0 Å². The predicted octanol–water partition coefficient (Wildman–Crippen LogP) is 1.78. The van der Waals surface area contributed by atoms with Crippen LogP contribution in [-0.2, 0) is 6.54 Å². The zero-order chi connectivity index (χ0) is 13.0. The normalized spacial score (nSPS) is 12.4. The molecule has 0 aliphatic carbocycles. The van der Waals surface area contributed by atoms with Crippen LogP contribution >= 0.6 is 0 Å². The van der Waals surface area contributed by atoms with Crippen LogP contribution in [0, 0.1) is 0 Å². The van der Waals surface area contributed by atoms with E-state index in [0.717, 1.165) is 13.0 Å².